The minimum absolute atomic E-state index is 0. The van der Waals surface area contributed by atoms with Crippen LogP contribution in [-0.4, -0.2) is 13.0 Å². The molecule has 0 atom stereocenters. The van der Waals surface area contributed by atoms with Crippen LogP contribution in [0.3, 0.4) is 0 Å². The molecule has 0 unspecified atom stereocenters. The number of hydrogen-bond donors (Lipinski definition) is 1. The van der Waals surface area contributed by atoms with Gasteiger partial charge in [0, 0.05) is 0 Å². The Hall–Kier alpha value is -1.05. The predicted molar refractivity (Wildman–Crippen MR) is 94.7 cm³/mol. The Morgan fingerprint density at radius 1 is 1.00 bits per heavy atom. The Labute approximate surface area is 177 Å². The van der Waals surface area contributed by atoms with Crippen LogP contribution in [0.4, 0.5) is 0 Å². The number of hydrogen-bond acceptors (Lipinski definition) is 4. The summed E-state index contributed by atoms with van der Waals surface area (Å²) in [6, 6.07) is 10.7. The third-order valence-electron chi connectivity index (χ3n) is 3.94. The molecule has 0 aliphatic heterocycles. The average Bonchev–Trinajstić information content (AvgIpc) is 2.57. The van der Waals surface area contributed by atoms with Crippen LogP contribution in [0.15, 0.2) is 47.4 Å². The number of rotatable bonds is 9. The van der Waals surface area contributed by atoms with Gasteiger partial charge in [-0.05, 0) is 36.6 Å². The molecule has 7 heteroatoms. The zero-order valence-corrected chi connectivity index (χ0v) is 18.1. The second-order valence-corrected chi connectivity index (χ2v) is 7.35. The van der Waals surface area contributed by atoms with Crippen molar-refractivity contribution in [2.75, 3.05) is 0 Å². The molecule has 2 aromatic rings. The second kappa shape index (κ2) is 10.9. The first kappa shape index (κ1) is 23.0. The van der Waals surface area contributed by atoms with Gasteiger partial charge in [0.1, 0.15) is 16.4 Å². The topological polar surface area (TPSA) is 86.7 Å². The van der Waals surface area contributed by atoms with Crippen molar-refractivity contribution < 1.29 is 52.4 Å². The van der Waals surface area contributed by atoms with E-state index in [9.17, 15) is 18.1 Å². The van der Waals surface area contributed by atoms with E-state index >= 15 is 0 Å². The molecule has 0 amide bonds. The molecule has 1 N–H and O–H groups in total. The van der Waals surface area contributed by atoms with Gasteiger partial charge in [-0.15, -0.1) is 5.75 Å². The van der Waals surface area contributed by atoms with E-state index in [1.54, 1.807) is 12.1 Å². The zero-order valence-electron chi connectivity index (χ0n) is 15.3. The molecule has 0 fully saturated rings. The predicted octanol–water partition coefficient (Wildman–Crippen LogP) is 1.32. The summed E-state index contributed by atoms with van der Waals surface area (Å²) in [6.45, 7) is 2.17. The SMILES string of the molecule is CCCCCCCc1ccccc1Oc1ccc([O-])cc1S(=O)(=O)O.[Na+]. The average molecular weight is 386 g/mol. The van der Waals surface area contributed by atoms with Crippen LogP contribution >= 0.6 is 0 Å². The third-order valence-corrected chi connectivity index (χ3v) is 4.81. The van der Waals surface area contributed by atoms with Crippen molar-refractivity contribution >= 4 is 10.1 Å². The molecule has 0 saturated carbocycles. The minimum atomic E-state index is -4.54. The molecule has 2 rings (SSSR count). The van der Waals surface area contributed by atoms with Crippen LogP contribution in [0.25, 0.3) is 0 Å². The molecule has 0 aliphatic carbocycles. The van der Waals surface area contributed by atoms with Gasteiger partial charge in [0.25, 0.3) is 10.1 Å². The Balaban J connectivity index is 0.00000338. The molecule has 0 heterocycles. The smallest absolute Gasteiger partial charge is 0.872 e. The summed E-state index contributed by atoms with van der Waals surface area (Å²) in [5.41, 5.74) is 0.964. The fraction of sp³-hybridized carbons (Fsp3) is 0.368. The van der Waals surface area contributed by atoms with Crippen LogP contribution in [0.1, 0.15) is 44.6 Å². The van der Waals surface area contributed by atoms with E-state index in [4.69, 9.17) is 4.74 Å². The van der Waals surface area contributed by atoms with Crippen molar-refractivity contribution in [3.63, 3.8) is 0 Å². The number of unbranched alkanes of at least 4 members (excludes halogenated alkanes) is 4. The Bertz CT molecular complexity index is 805. The molecule has 2 aromatic carbocycles. The van der Waals surface area contributed by atoms with Crippen LogP contribution in [0.5, 0.6) is 17.2 Å². The van der Waals surface area contributed by atoms with Crippen LogP contribution in [0.2, 0.25) is 0 Å². The molecule has 5 nitrogen and oxygen atoms in total. The van der Waals surface area contributed by atoms with Gasteiger partial charge in [-0.25, -0.2) is 0 Å². The Morgan fingerprint density at radius 3 is 2.38 bits per heavy atom. The summed E-state index contributed by atoms with van der Waals surface area (Å²) >= 11 is 0. The number of ether oxygens (including phenoxy) is 1. The Morgan fingerprint density at radius 2 is 1.69 bits per heavy atom. The van der Waals surface area contributed by atoms with Gasteiger partial charge in [-0.3, -0.25) is 4.55 Å². The summed E-state index contributed by atoms with van der Waals surface area (Å²) in [5, 5.41) is 11.4. The first-order chi connectivity index (χ1) is 11.9. The van der Waals surface area contributed by atoms with E-state index in [1.807, 2.05) is 12.1 Å². The van der Waals surface area contributed by atoms with Crippen molar-refractivity contribution in [2.24, 2.45) is 0 Å². The van der Waals surface area contributed by atoms with E-state index < -0.39 is 20.8 Å². The molecule has 0 spiro atoms. The minimum Gasteiger partial charge on any atom is -0.872 e. The van der Waals surface area contributed by atoms with Gasteiger partial charge < -0.3 is 9.84 Å². The van der Waals surface area contributed by atoms with Gasteiger partial charge in [-0.2, -0.15) is 8.42 Å². The summed E-state index contributed by atoms with van der Waals surface area (Å²) < 4.78 is 38.0. The molecule has 0 radical (unpaired) electrons. The van der Waals surface area contributed by atoms with E-state index in [2.05, 4.69) is 6.92 Å². The molecule has 0 saturated heterocycles. The van der Waals surface area contributed by atoms with Crippen LogP contribution in [0, 0.1) is 0 Å². The first-order valence-electron chi connectivity index (χ1n) is 8.46. The largest absolute Gasteiger partial charge is 1.00 e. The van der Waals surface area contributed by atoms with Gasteiger partial charge in [0.2, 0.25) is 0 Å². The van der Waals surface area contributed by atoms with E-state index in [0.717, 1.165) is 30.9 Å². The van der Waals surface area contributed by atoms with Crippen molar-refractivity contribution in [3.8, 4) is 17.2 Å². The zero-order chi connectivity index (χ0) is 18.3. The van der Waals surface area contributed by atoms with Gasteiger partial charge in [0.15, 0.2) is 0 Å². The summed E-state index contributed by atoms with van der Waals surface area (Å²) in [5.74, 6) is -0.0359. The molecular weight excluding hydrogens is 363 g/mol. The quantitative estimate of drug-likeness (QED) is 0.399. The van der Waals surface area contributed by atoms with Crippen molar-refractivity contribution in [1.82, 2.24) is 0 Å². The summed E-state index contributed by atoms with van der Waals surface area (Å²) in [7, 11) is -4.54. The maximum absolute atomic E-state index is 11.5. The molecule has 0 aliphatic rings. The van der Waals surface area contributed by atoms with Gasteiger partial charge in [0.05, 0.1) is 0 Å². The summed E-state index contributed by atoms with van der Waals surface area (Å²) in [4.78, 5) is -0.516. The Kier molecular flexibility index (Phi) is 9.68. The second-order valence-electron chi connectivity index (χ2n) is 5.96. The first-order valence-corrected chi connectivity index (χ1v) is 9.90. The van der Waals surface area contributed by atoms with Gasteiger partial charge >= 0.3 is 29.6 Å². The number of aryl methyl sites for hydroxylation is 1. The molecule has 26 heavy (non-hydrogen) atoms. The van der Waals surface area contributed by atoms with E-state index in [-0.39, 0.29) is 35.3 Å². The van der Waals surface area contributed by atoms with Crippen molar-refractivity contribution in [3.05, 3.63) is 48.0 Å². The molecule has 0 aromatic heterocycles. The van der Waals surface area contributed by atoms with Crippen molar-refractivity contribution in [2.45, 2.75) is 50.3 Å². The maximum atomic E-state index is 11.5. The number of para-hydroxylation sites is 1. The normalized spacial score (nSPS) is 11.0. The monoisotopic (exact) mass is 386 g/mol. The number of benzene rings is 2. The third kappa shape index (κ3) is 6.93. The standard InChI is InChI=1S/C19H24O5S.Na/c1-2-3-4-5-6-9-15-10-7-8-11-17(15)24-18-13-12-16(20)14-19(18)25(21,22)23;/h7-8,10-14,20H,2-6,9H2,1H3,(H,21,22,23);/q;+1/p-1. The van der Waals surface area contributed by atoms with Crippen LogP contribution < -0.4 is 39.4 Å². The molecule has 0 bridgehead atoms. The molecular formula is C19H23NaO5S. The van der Waals surface area contributed by atoms with E-state index in [1.165, 1.54) is 31.4 Å². The van der Waals surface area contributed by atoms with Gasteiger partial charge in [-0.1, -0.05) is 56.9 Å². The fourth-order valence-corrected chi connectivity index (χ4v) is 3.25. The van der Waals surface area contributed by atoms with E-state index in [0.29, 0.717) is 5.75 Å². The fourth-order valence-electron chi connectivity index (χ4n) is 2.62. The van der Waals surface area contributed by atoms with Crippen molar-refractivity contribution in [1.29, 1.82) is 0 Å². The molecule has 136 valence electrons. The maximum Gasteiger partial charge on any atom is 1.00 e. The van der Waals surface area contributed by atoms with Crippen LogP contribution in [-0.2, 0) is 16.5 Å². The summed E-state index contributed by atoms with van der Waals surface area (Å²) in [6.07, 6.45) is 6.57.